The highest BCUT2D eigenvalue weighted by atomic mass is 15.2. The molecule has 1 atom stereocenters. The van der Waals surface area contributed by atoms with Gasteiger partial charge in [0.05, 0.1) is 0 Å². The lowest BCUT2D eigenvalue weighted by molar-refractivity contribution is 0.131. The minimum Gasteiger partial charge on any atom is -0.329 e. The maximum atomic E-state index is 5.96. The molecule has 0 spiro atoms. The van der Waals surface area contributed by atoms with Crippen molar-refractivity contribution in [3.8, 4) is 0 Å². The van der Waals surface area contributed by atoms with Crippen LogP contribution >= 0.6 is 0 Å². The Labute approximate surface area is 110 Å². The highest BCUT2D eigenvalue weighted by Gasteiger charge is 2.24. The summed E-state index contributed by atoms with van der Waals surface area (Å²) in [7, 11) is 0. The Bertz CT molecular complexity index is 331. The van der Waals surface area contributed by atoms with Gasteiger partial charge in [-0.1, -0.05) is 25.8 Å². The summed E-state index contributed by atoms with van der Waals surface area (Å²) in [6.45, 7) is 5.33. The van der Waals surface area contributed by atoms with Gasteiger partial charge in [-0.2, -0.15) is 0 Å². The van der Waals surface area contributed by atoms with Crippen LogP contribution in [0.1, 0.15) is 44.2 Å². The first-order chi connectivity index (χ1) is 8.85. The number of likely N-dealkylation sites (tertiary alicyclic amines) is 1. The van der Waals surface area contributed by atoms with Gasteiger partial charge in [0.1, 0.15) is 0 Å². The van der Waals surface area contributed by atoms with Crippen LogP contribution in [0, 0.1) is 5.92 Å². The van der Waals surface area contributed by atoms with E-state index in [2.05, 4.69) is 22.9 Å². The van der Waals surface area contributed by atoms with Gasteiger partial charge in [-0.15, -0.1) is 0 Å². The highest BCUT2D eigenvalue weighted by Crippen LogP contribution is 2.27. The van der Waals surface area contributed by atoms with E-state index in [1.165, 1.54) is 44.3 Å². The lowest BCUT2D eigenvalue weighted by Crippen LogP contribution is -2.39. The van der Waals surface area contributed by atoms with Crippen molar-refractivity contribution in [2.75, 3.05) is 19.6 Å². The van der Waals surface area contributed by atoms with Gasteiger partial charge in [-0.25, -0.2) is 0 Å². The van der Waals surface area contributed by atoms with E-state index < -0.39 is 0 Å². The summed E-state index contributed by atoms with van der Waals surface area (Å²) in [5, 5.41) is 0. The molecule has 18 heavy (non-hydrogen) atoms. The first-order valence-electron chi connectivity index (χ1n) is 7.19. The van der Waals surface area contributed by atoms with Crippen molar-refractivity contribution >= 4 is 0 Å². The van der Waals surface area contributed by atoms with E-state index in [-0.39, 0.29) is 0 Å². The summed E-state index contributed by atoms with van der Waals surface area (Å²) in [6, 6.07) is 4.49. The lowest BCUT2D eigenvalue weighted by Gasteiger charge is -2.37. The number of aromatic nitrogens is 1. The topological polar surface area (TPSA) is 42.1 Å². The van der Waals surface area contributed by atoms with Crippen molar-refractivity contribution in [1.82, 2.24) is 9.88 Å². The van der Waals surface area contributed by atoms with E-state index in [1.54, 1.807) is 0 Å². The Morgan fingerprint density at radius 1 is 1.44 bits per heavy atom. The van der Waals surface area contributed by atoms with Crippen molar-refractivity contribution in [1.29, 1.82) is 0 Å². The third-order valence-corrected chi connectivity index (χ3v) is 4.08. The number of rotatable bonds is 5. The molecule has 1 aliphatic rings. The predicted molar refractivity (Wildman–Crippen MR) is 75.2 cm³/mol. The lowest BCUT2D eigenvalue weighted by atomic mass is 9.91. The molecule has 1 saturated heterocycles. The molecule has 2 rings (SSSR count). The van der Waals surface area contributed by atoms with Gasteiger partial charge in [-0.05, 0) is 43.5 Å². The second kappa shape index (κ2) is 6.86. The Morgan fingerprint density at radius 2 is 2.22 bits per heavy atom. The Balaban J connectivity index is 1.95. The first-order valence-corrected chi connectivity index (χ1v) is 7.19. The van der Waals surface area contributed by atoms with Crippen LogP contribution in [0.2, 0.25) is 0 Å². The molecule has 100 valence electrons. The van der Waals surface area contributed by atoms with Crippen LogP contribution in [-0.2, 0) is 0 Å². The summed E-state index contributed by atoms with van der Waals surface area (Å²) >= 11 is 0. The van der Waals surface area contributed by atoms with Crippen LogP contribution in [0.3, 0.4) is 0 Å². The van der Waals surface area contributed by atoms with E-state index >= 15 is 0 Å². The van der Waals surface area contributed by atoms with Crippen LogP contribution in [0.4, 0.5) is 0 Å². The number of hydrogen-bond donors (Lipinski definition) is 1. The SMILES string of the molecule is CCCC1CCN(C(CN)c2cccnc2)CC1. The summed E-state index contributed by atoms with van der Waals surface area (Å²) in [5.41, 5.74) is 7.22. The van der Waals surface area contributed by atoms with Gasteiger partial charge < -0.3 is 5.73 Å². The number of piperidine rings is 1. The number of pyridine rings is 1. The van der Waals surface area contributed by atoms with E-state index in [9.17, 15) is 0 Å². The number of nitrogens with two attached hydrogens (primary N) is 1. The molecule has 0 saturated carbocycles. The zero-order valence-corrected chi connectivity index (χ0v) is 11.4. The Hall–Kier alpha value is -0.930. The van der Waals surface area contributed by atoms with Crippen LogP contribution in [-0.4, -0.2) is 29.5 Å². The molecular weight excluding hydrogens is 222 g/mol. The highest BCUT2D eigenvalue weighted by molar-refractivity contribution is 5.14. The third kappa shape index (κ3) is 3.30. The Morgan fingerprint density at radius 3 is 2.78 bits per heavy atom. The molecule has 2 N–H and O–H groups in total. The largest absolute Gasteiger partial charge is 0.329 e. The average molecular weight is 247 g/mol. The summed E-state index contributed by atoms with van der Waals surface area (Å²) < 4.78 is 0. The van der Waals surface area contributed by atoms with E-state index in [0.29, 0.717) is 12.6 Å². The molecule has 1 fully saturated rings. The fourth-order valence-corrected chi connectivity index (χ4v) is 3.03. The van der Waals surface area contributed by atoms with Gasteiger partial charge in [0.25, 0.3) is 0 Å². The van der Waals surface area contributed by atoms with Gasteiger partial charge in [-0.3, -0.25) is 9.88 Å². The van der Waals surface area contributed by atoms with Crippen LogP contribution < -0.4 is 5.73 Å². The summed E-state index contributed by atoms with van der Waals surface area (Å²) in [6.07, 6.45) is 9.12. The Kier molecular flexibility index (Phi) is 5.14. The molecule has 0 aliphatic carbocycles. The molecular formula is C15H25N3. The van der Waals surface area contributed by atoms with Crippen molar-refractivity contribution in [2.24, 2.45) is 11.7 Å². The van der Waals surface area contributed by atoms with E-state index in [1.807, 2.05) is 18.5 Å². The molecule has 0 amide bonds. The second-order valence-corrected chi connectivity index (χ2v) is 5.31. The minimum atomic E-state index is 0.348. The number of hydrogen-bond acceptors (Lipinski definition) is 3. The van der Waals surface area contributed by atoms with Crippen molar-refractivity contribution in [3.63, 3.8) is 0 Å². The first kappa shape index (κ1) is 13.5. The molecule has 1 aromatic rings. The summed E-state index contributed by atoms with van der Waals surface area (Å²) in [4.78, 5) is 6.74. The quantitative estimate of drug-likeness (QED) is 0.869. The molecule has 0 radical (unpaired) electrons. The normalized spacial score (nSPS) is 19.9. The van der Waals surface area contributed by atoms with Gasteiger partial charge in [0, 0.05) is 25.0 Å². The molecule has 3 nitrogen and oxygen atoms in total. The molecule has 1 unspecified atom stereocenters. The van der Waals surface area contributed by atoms with Crippen molar-refractivity contribution < 1.29 is 0 Å². The van der Waals surface area contributed by atoms with E-state index in [4.69, 9.17) is 5.73 Å². The second-order valence-electron chi connectivity index (χ2n) is 5.31. The third-order valence-electron chi connectivity index (χ3n) is 4.08. The maximum Gasteiger partial charge on any atom is 0.0485 e. The molecule has 1 aromatic heterocycles. The van der Waals surface area contributed by atoms with Gasteiger partial charge in [0.2, 0.25) is 0 Å². The zero-order chi connectivity index (χ0) is 12.8. The molecule has 3 heteroatoms. The molecule has 2 heterocycles. The van der Waals surface area contributed by atoms with Crippen LogP contribution in [0.15, 0.2) is 24.5 Å². The smallest absolute Gasteiger partial charge is 0.0485 e. The van der Waals surface area contributed by atoms with Gasteiger partial charge >= 0.3 is 0 Å². The molecule has 0 aromatic carbocycles. The number of nitrogens with zero attached hydrogens (tertiary/aromatic N) is 2. The maximum absolute atomic E-state index is 5.96. The van der Waals surface area contributed by atoms with Crippen LogP contribution in [0.25, 0.3) is 0 Å². The minimum absolute atomic E-state index is 0.348. The van der Waals surface area contributed by atoms with Crippen molar-refractivity contribution in [2.45, 2.75) is 38.6 Å². The fraction of sp³-hybridized carbons (Fsp3) is 0.667. The van der Waals surface area contributed by atoms with Crippen molar-refractivity contribution in [3.05, 3.63) is 30.1 Å². The monoisotopic (exact) mass is 247 g/mol. The predicted octanol–water partition coefficient (Wildman–Crippen LogP) is 2.59. The standard InChI is InChI=1S/C15H25N3/c1-2-4-13-6-9-18(10-7-13)15(11-16)14-5-3-8-17-12-14/h3,5,8,12-13,15H,2,4,6-7,9-11,16H2,1H3. The zero-order valence-electron chi connectivity index (χ0n) is 11.4. The van der Waals surface area contributed by atoms with E-state index in [0.717, 1.165) is 5.92 Å². The fourth-order valence-electron chi connectivity index (χ4n) is 3.03. The average Bonchev–Trinajstić information content (AvgIpc) is 2.43. The van der Waals surface area contributed by atoms with Crippen LogP contribution in [0.5, 0.6) is 0 Å². The molecule has 0 bridgehead atoms. The molecule has 1 aliphatic heterocycles. The van der Waals surface area contributed by atoms with Gasteiger partial charge in [0.15, 0.2) is 0 Å². The summed E-state index contributed by atoms with van der Waals surface area (Å²) in [5.74, 6) is 0.929.